The molecule has 1 saturated heterocycles. The van der Waals surface area contributed by atoms with E-state index in [0.29, 0.717) is 0 Å². The lowest BCUT2D eigenvalue weighted by Crippen LogP contribution is -2.32. The maximum atomic E-state index is 4.81. The van der Waals surface area contributed by atoms with Crippen molar-refractivity contribution in [1.82, 2.24) is 19.4 Å². The second-order valence-electron chi connectivity index (χ2n) is 6.35. The SMILES string of the molecule is Cn1ccnc1CCN1CCCN(c2nc3ccccc3s2)CC1. The van der Waals surface area contributed by atoms with Gasteiger partial charge in [0.2, 0.25) is 0 Å². The summed E-state index contributed by atoms with van der Waals surface area (Å²) in [6.07, 6.45) is 6.11. The molecule has 0 saturated carbocycles. The van der Waals surface area contributed by atoms with E-state index in [0.717, 1.165) is 44.7 Å². The van der Waals surface area contributed by atoms with Gasteiger partial charge in [0.25, 0.3) is 0 Å². The molecular weight excluding hydrogens is 318 g/mol. The predicted molar refractivity (Wildman–Crippen MR) is 99.8 cm³/mol. The lowest BCUT2D eigenvalue weighted by molar-refractivity contribution is 0.294. The molecule has 4 rings (SSSR count). The Morgan fingerprint density at radius 3 is 2.88 bits per heavy atom. The second kappa shape index (κ2) is 6.91. The topological polar surface area (TPSA) is 37.2 Å². The van der Waals surface area contributed by atoms with Crippen LogP contribution in [0.25, 0.3) is 10.2 Å². The zero-order valence-corrected chi connectivity index (χ0v) is 14.9. The molecule has 0 bridgehead atoms. The van der Waals surface area contributed by atoms with Crippen molar-refractivity contribution < 1.29 is 0 Å². The zero-order chi connectivity index (χ0) is 16.4. The molecule has 0 aliphatic carbocycles. The highest BCUT2D eigenvalue weighted by atomic mass is 32.1. The van der Waals surface area contributed by atoms with Gasteiger partial charge in [-0.1, -0.05) is 23.5 Å². The summed E-state index contributed by atoms with van der Waals surface area (Å²) >= 11 is 1.81. The Morgan fingerprint density at radius 2 is 2.04 bits per heavy atom. The smallest absolute Gasteiger partial charge is 0.186 e. The minimum absolute atomic E-state index is 1.02. The summed E-state index contributed by atoms with van der Waals surface area (Å²) in [4.78, 5) is 14.2. The van der Waals surface area contributed by atoms with E-state index < -0.39 is 0 Å². The van der Waals surface area contributed by atoms with Crippen molar-refractivity contribution in [2.45, 2.75) is 12.8 Å². The molecular formula is C18H23N5S. The van der Waals surface area contributed by atoms with E-state index in [9.17, 15) is 0 Å². The van der Waals surface area contributed by atoms with Crippen LogP contribution in [-0.4, -0.2) is 52.2 Å². The van der Waals surface area contributed by atoms with Crippen LogP contribution in [0.3, 0.4) is 0 Å². The van der Waals surface area contributed by atoms with Crippen molar-refractivity contribution in [3.63, 3.8) is 0 Å². The Morgan fingerprint density at radius 1 is 1.12 bits per heavy atom. The summed E-state index contributed by atoms with van der Waals surface area (Å²) < 4.78 is 3.40. The third-order valence-corrected chi connectivity index (χ3v) is 5.81. The highest BCUT2D eigenvalue weighted by Gasteiger charge is 2.18. The molecule has 0 amide bonds. The Hall–Kier alpha value is -1.92. The number of aromatic nitrogens is 3. The number of hydrogen-bond acceptors (Lipinski definition) is 5. The summed E-state index contributed by atoms with van der Waals surface area (Å²) in [7, 11) is 2.07. The number of rotatable bonds is 4. The van der Waals surface area contributed by atoms with Crippen LogP contribution < -0.4 is 4.90 Å². The fraction of sp³-hybridized carbons (Fsp3) is 0.444. The molecule has 1 aliphatic heterocycles. The summed E-state index contributed by atoms with van der Waals surface area (Å²) in [5.74, 6) is 1.17. The summed E-state index contributed by atoms with van der Waals surface area (Å²) in [5, 5.41) is 1.17. The Kier molecular flexibility index (Phi) is 4.49. The summed E-state index contributed by atoms with van der Waals surface area (Å²) in [5.41, 5.74) is 1.12. The van der Waals surface area contributed by atoms with Crippen LogP contribution in [0.5, 0.6) is 0 Å². The first-order valence-electron chi connectivity index (χ1n) is 8.59. The van der Waals surface area contributed by atoms with Crippen LogP contribution in [0.1, 0.15) is 12.2 Å². The lowest BCUT2D eigenvalue weighted by Gasteiger charge is -2.21. The van der Waals surface area contributed by atoms with Crippen molar-refractivity contribution in [3.05, 3.63) is 42.5 Å². The highest BCUT2D eigenvalue weighted by molar-refractivity contribution is 7.22. The maximum Gasteiger partial charge on any atom is 0.186 e. The van der Waals surface area contributed by atoms with E-state index in [-0.39, 0.29) is 0 Å². The Labute approximate surface area is 146 Å². The monoisotopic (exact) mass is 341 g/mol. The number of imidazole rings is 1. The molecule has 1 aromatic carbocycles. The number of benzene rings is 1. The van der Waals surface area contributed by atoms with Crippen LogP contribution in [0.4, 0.5) is 5.13 Å². The first kappa shape index (κ1) is 15.6. The first-order valence-corrected chi connectivity index (χ1v) is 9.40. The van der Waals surface area contributed by atoms with Gasteiger partial charge >= 0.3 is 0 Å². The van der Waals surface area contributed by atoms with E-state index in [4.69, 9.17) is 4.98 Å². The Bertz CT molecular complexity index is 775. The highest BCUT2D eigenvalue weighted by Crippen LogP contribution is 2.29. The van der Waals surface area contributed by atoms with Gasteiger partial charge in [-0.05, 0) is 25.1 Å². The molecule has 24 heavy (non-hydrogen) atoms. The molecule has 6 heteroatoms. The molecule has 0 atom stereocenters. The van der Waals surface area contributed by atoms with Crippen LogP contribution in [0.2, 0.25) is 0 Å². The molecule has 0 spiro atoms. The van der Waals surface area contributed by atoms with Gasteiger partial charge in [-0.3, -0.25) is 0 Å². The molecule has 126 valence electrons. The third-order valence-electron chi connectivity index (χ3n) is 4.71. The molecule has 1 fully saturated rings. The van der Waals surface area contributed by atoms with E-state index in [1.807, 2.05) is 23.7 Å². The minimum Gasteiger partial charge on any atom is -0.347 e. The van der Waals surface area contributed by atoms with Gasteiger partial charge in [0.1, 0.15) is 5.82 Å². The molecule has 0 unspecified atom stereocenters. The average molecular weight is 341 g/mol. The maximum absolute atomic E-state index is 4.81. The third kappa shape index (κ3) is 3.30. The number of fused-ring (bicyclic) bond motifs is 1. The fourth-order valence-electron chi connectivity index (χ4n) is 3.28. The van der Waals surface area contributed by atoms with Gasteiger partial charge in [0.15, 0.2) is 5.13 Å². The van der Waals surface area contributed by atoms with Crippen LogP contribution in [0, 0.1) is 0 Å². The standard InChI is InChI=1S/C18H23N5S/c1-21-12-8-19-17(21)7-11-22-9-4-10-23(14-13-22)18-20-15-5-2-3-6-16(15)24-18/h2-3,5-6,8,12H,4,7,9-11,13-14H2,1H3. The number of anilines is 1. The number of para-hydroxylation sites is 1. The fourth-order valence-corrected chi connectivity index (χ4v) is 4.29. The van der Waals surface area contributed by atoms with Crippen molar-refractivity contribution in [2.24, 2.45) is 7.05 Å². The lowest BCUT2D eigenvalue weighted by atomic mass is 10.3. The van der Waals surface area contributed by atoms with E-state index >= 15 is 0 Å². The van der Waals surface area contributed by atoms with E-state index in [1.54, 1.807) is 0 Å². The van der Waals surface area contributed by atoms with Crippen LogP contribution >= 0.6 is 11.3 Å². The van der Waals surface area contributed by atoms with Crippen molar-refractivity contribution in [1.29, 1.82) is 0 Å². The molecule has 3 heterocycles. The van der Waals surface area contributed by atoms with Crippen molar-refractivity contribution in [2.75, 3.05) is 37.6 Å². The van der Waals surface area contributed by atoms with Gasteiger partial charge in [-0.15, -0.1) is 0 Å². The Balaban J connectivity index is 1.38. The number of thiazole rings is 1. The summed E-state index contributed by atoms with van der Waals surface area (Å²) in [6.45, 7) is 5.49. The minimum atomic E-state index is 1.02. The molecule has 2 aromatic heterocycles. The van der Waals surface area contributed by atoms with Gasteiger partial charge in [0.05, 0.1) is 10.2 Å². The van der Waals surface area contributed by atoms with Crippen LogP contribution in [0.15, 0.2) is 36.7 Å². The second-order valence-corrected chi connectivity index (χ2v) is 7.36. The molecule has 1 aliphatic rings. The van der Waals surface area contributed by atoms with E-state index in [1.165, 1.54) is 22.1 Å². The predicted octanol–water partition coefficient (Wildman–Crippen LogP) is 2.78. The summed E-state index contributed by atoms with van der Waals surface area (Å²) in [6, 6.07) is 8.42. The van der Waals surface area contributed by atoms with Gasteiger partial charge in [-0.2, -0.15) is 0 Å². The molecule has 3 aromatic rings. The van der Waals surface area contributed by atoms with Gasteiger partial charge in [-0.25, -0.2) is 9.97 Å². The average Bonchev–Trinajstić information content (AvgIpc) is 3.13. The number of aryl methyl sites for hydroxylation is 1. The van der Waals surface area contributed by atoms with Gasteiger partial charge < -0.3 is 14.4 Å². The van der Waals surface area contributed by atoms with Crippen molar-refractivity contribution in [3.8, 4) is 0 Å². The van der Waals surface area contributed by atoms with Crippen molar-refractivity contribution >= 4 is 26.7 Å². The zero-order valence-electron chi connectivity index (χ0n) is 14.1. The molecule has 5 nitrogen and oxygen atoms in total. The number of nitrogens with zero attached hydrogens (tertiary/aromatic N) is 5. The molecule has 0 radical (unpaired) electrons. The first-order chi connectivity index (χ1) is 11.8. The van der Waals surface area contributed by atoms with E-state index in [2.05, 4.69) is 50.7 Å². The quantitative estimate of drug-likeness (QED) is 0.731. The normalized spacial score (nSPS) is 16.6. The largest absolute Gasteiger partial charge is 0.347 e. The van der Waals surface area contributed by atoms with Gasteiger partial charge in [0, 0.05) is 52.0 Å². The molecule has 0 N–H and O–H groups in total. The number of hydrogen-bond donors (Lipinski definition) is 0. The van der Waals surface area contributed by atoms with Crippen LogP contribution in [-0.2, 0) is 13.5 Å².